The molecule has 1 saturated heterocycles. The number of likely N-dealkylation sites (tertiary alicyclic amines) is 1. The number of likely N-dealkylation sites (N-methyl/N-ethyl adjacent to an activating group) is 1. The predicted octanol–water partition coefficient (Wildman–Crippen LogP) is 1.25. The first-order valence-corrected chi connectivity index (χ1v) is 8.22. The number of carbonyl (C=O) groups excluding carboxylic acids is 1. The summed E-state index contributed by atoms with van der Waals surface area (Å²) in [7, 11) is 2.00. The van der Waals surface area contributed by atoms with Gasteiger partial charge in [0.1, 0.15) is 11.9 Å². The highest BCUT2D eigenvalue weighted by atomic mass is 19.1. The number of rotatable bonds is 6. The Morgan fingerprint density at radius 3 is 2.80 bits per heavy atom. The van der Waals surface area contributed by atoms with Crippen molar-refractivity contribution in [3.05, 3.63) is 47.4 Å². The van der Waals surface area contributed by atoms with E-state index < -0.39 is 11.9 Å². The number of aryl methyl sites for hydroxylation is 1. The van der Waals surface area contributed by atoms with Crippen LogP contribution < -0.4 is 5.73 Å². The molecule has 1 fully saturated rings. The maximum atomic E-state index is 13.1. The van der Waals surface area contributed by atoms with Gasteiger partial charge in [-0.1, -0.05) is 17.3 Å². The zero-order chi connectivity index (χ0) is 18.0. The van der Waals surface area contributed by atoms with Crippen molar-refractivity contribution in [3.63, 3.8) is 0 Å². The molecule has 1 aromatic heterocycles. The third-order valence-corrected chi connectivity index (χ3v) is 4.60. The van der Waals surface area contributed by atoms with E-state index >= 15 is 0 Å². The minimum Gasteiger partial charge on any atom is -0.368 e. The molecule has 2 N–H and O–H groups in total. The summed E-state index contributed by atoms with van der Waals surface area (Å²) in [5.41, 5.74) is 6.33. The van der Waals surface area contributed by atoms with Crippen molar-refractivity contribution in [2.24, 2.45) is 5.73 Å². The highest BCUT2D eigenvalue weighted by molar-refractivity contribution is 5.81. The van der Waals surface area contributed by atoms with E-state index in [4.69, 9.17) is 10.3 Å². The first kappa shape index (κ1) is 17.5. The lowest BCUT2D eigenvalue weighted by Gasteiger charge is -2.27. The number of carbonyl (C=O) groups is 1. The Bertz CT molecular complexity index is 733. The third kappa shape index (κ3) is 4.02. The molecule has 3 rings (SSSR count). The van der Waals surface area contributed by atoms with Gasteiger partial charge in [0.2, 0.25) is 11.8 Å². The van der Waals surface area contributed by atoms with E-state index in [9.17, 15) is 9.18 Å². The second-order valence-electron chi connectivity index (χ2n) is 6.44. The van der Waals surface area contributed by atoms with Gasteiger partial charge < -0.3 is 10.3 Å². The lowest BCUT2D eigenvalue weighted by Crippen LogP contribution is -2.39. The quantitative estimate of drug-likeness (QED) is 0.846. The summed E-state index contributed by atoms with van der Waals surface area (Å²) in [5, 5.41) is 3.91. The van der Waals surface area contributed by atoms with E-state index in [-0.39, 0.29) is 11.9 Å². The molecule has 8 heteroatoms. The monoisotopic (exact) mass is 347 g/mol. The van der Waals surface area contributed by atoms with Crippen LogP contribution in [0.1, 0.15) is 29.7 Å². The lowest BCUT2D eigenvalue weighted by atomic mass is 10.1. The Balaban J connectivity index is 1.67. The molecule has 0 spiro atoms. The van der Waals surface area contributed by atoms with Gasteiger partial charge >= 0.3 is 0 Å². The van der Waals surface area contributed by atoms with Crippen LogP contribution in [0.5, 0.6) is 0 Å². The molecule has 1 aliphatic heterocycles. The van der Waals surface area contributed by atoms with Crippen LogP contribution >= 0.6 is 0 Å². The summed E-state index contributed by atoms with van der Waals surface area (Å²) < 4.78 is 18.1. The standard InChI is InChI=1S/C17H22FN5O2/c1-11-20-15(21-25-11)10-22(2)14-7-8-23(9-14)16(17(19)24)12-3-5-13(18)6-4-12/h3-6,14,16H,7-10H2,1-2H3,(H2,19,24)/t14-,16+/m1/s1. The summed E-state index contributed by atoms with van der Waals surface area (Å²) in [4.78, 5) is 20.4. The van der Waals surface area contributed by atoms with Gasteiger partial charge in [-0.2, -0.15) is 4.98 Å². The van der Waals surface area contributed by atoms with Gasteiger partial charge in [-0.05, 0) is 31.2 Å². The van der Waals surface area contributed by atoms with Crippen molar-refractivity contribution in [1.82, 2.24) is 19.9 Å². The van der Waals surface area contributed by atoms with E-state index in [0.717, 1.165) is 13.0 Å². The van der Waals surface area contributed by atoms with E-state index in [1.165, 1.54) is 12.1 Å². The second kappa shape index (κ2) is 7.28. The fourth-order valence-corrected chi connectivity index (χ4v) is 3.32. The molecule has 1 amide bonds. The van der Waals surface area contributed by atoms with Crippen LogP contribution in [-0.4, -0.2) is 52.0 Å². The van der Waals surface area contributed by atoms with Crippen molar-refractivity contribution in [2.75, 3.05) is 20.1 Å². The number of nitrogens with two attached hydrogens (primary N) is 1. The number of benzene rings is 1. The molecule has 1 aromatic carbocycles. The van der Waals surface area contributed by atoms with Gasteiger partial charge in [0, 0.05) is 26.1 Å². The molecule has 2 heterocycles. The van der Waals surface area contributed by atoms with Gasteiger partial charge in [0.15, 0.2) is 5.82 Å². The molecule has 0 aliphatic carbocycles. The smallest absolute Gasteiger partial charge is 0.239 e. The zero-order valence-electron chi connectivity index (χ0n) is 14.4. The Labute approximate surface area is 145 Å². The lowest BCUT2D eigenvalue weighted by molar-refractivity contribution is -0.123. The van der Waals surface area contributed by atoms with Crippen LogP contribution in [0.25, 0.3) is 0 Å². The summed E-state index contributed by atoms with van der Waals surface area (Å²) in [6.45, 7) is 3.77. The largest absolute Gasteiger partial charge is 0.368 e. The molecule has 0 saturated carbocycles. The Morgan fingerprint density at radius 1 is 1.48 bits per heavy atom. The minimum absolute atomic E-state index is 0.251. The van der Waals surface area contributed by atoms with Crippen molar-refractivity contribution >= 4 is 5.91 Å². The normalized spacial score (nSPS) is 19.4. The highest BCUT2D eigenvalue weighted by Gasteiger charge is 2.34. The fourth-order valence-electron chi connectivity index (χ4n) is 3.32. The molecular weight excluding hydrogens is 325 g/mol. The second-order valence-corrected chi connectivity index (χ2v) is 6.44. The van der Waals surface area contributed by atoms with Gasteiger partial charge in [-0.3, -0.25) is 14.6 Å². The van der Waals surface area contributed by atoms with Gasteiger partial charge in [0.25, 0.3) is 0 Å². The van der Waals surface area contributed by atoms with Crippen LogP contribution in [-0.2, 0) is 11.3 Å². The molecule has 2 atom stereocenters. The topological polar surface area (TPSA) is 88.5 Å². The number of aromatic nitrogens is 2. The van der Waals surface area contributed by atoms with E-state index in [1.54, 1.807) is 19.1 Å². The average molecular weight is 347 g/mol. The first-order valence-electron chi connectivity index (χ1n) is 8.22. The maximum absolute atomic E-state index is 13.1. The van der Waals surface area contributed by atoms with Gasteiger partial charge in [-0.25, -0.2) is 4.39 Å². The van der Waals surface area contributed by atoms with Crippen LogP contribution in [0.3, 0.4) is 0 Å². The van der Waals surface area contributed by atoms with Crippen molar-refractivity contribution in [2.45, 2.75) is 32.0 Å². The van der Waals surface area contributed by atoms with Gasteiger partial charge in [-0.15, -0.1) is 0 Å². The maximum Gasteiger partial charge on any atom is 0.239 e. The molecule has 1 aliphatic rings. The minimum atomic E-state index is -0.550. The number of halogens is 1. The fraction of sp³-hybridized carbons (Fsp3) is 0.471. The first-order chi connectivity index (χ1) is 11.9. The summed E-state index contributed by atoms with van der Waals surface area (Å²) >= 11 is 0. The van der Waals surface area contributed by atoms with E-state index in [0.29, 0.717) is 30.4 Å². The number of amides is 1. The van der Waals surface area contributed by atoms with Crippen LogP contribution in [0.2, 0.25) is 0 Å². The van der Waals surface area contributed by atoms with Crippen LogP contribution in [0, 0.1) is 12.7 Å². The number of hydrogen-bond donors (Lipinski definition) is 1. The zero-order valence-corrected chi connectivity index (χ0v) is 14.4. The Kier molecular flexibility index (Phi) is 5.10. The SMILES string of the molecule is Cc1nc(CN(C)[C@@H]2CCN([C@H](C(N)=O)c3ccc(F)cc3)C2)no1. The molecule has 7 nitrogen and oxygen atoms in total. The number of nitrogens with zero attached hydrogens (tertiary/aromatic N) is 4. The number of primary amides is 1. The number of hydrogen-bond acceptors (Lipinski definition) is 6. The summed E-state index contributed by atoms with van der Waals surface area (Å²) in [5.74, 6) is 0.426. The molecule has 2 aromatic rings. The van der Waals surface area contributed by atoms with E-state index in [1.807, 2.05) is 11.9 Å². The average Bonchev–Trinajstić information content (AvgIpc) is 3.19. The van der Waals surface area contributed by atoms with Crippen molar-refractivity contribution < 1.29 is 13.7 Å². The highest BCUT2D eigenvalue weighted by Crippen LogP contribution is 2.27. The molecule has 134 valence electrons. The predicted molar refractivity (Wildman–Crippen MR) is 88.8 cm³/mol. The molecule has 0 unspecified atom stereocenters. The third-order valence-electron chi connectivity index (χ3n) is 4.60. The summed E-state index contributed by atoms with van der Waals surface area (Å²) in [6, 6.07) is 5.63. The van der Waals surface area contributed by atoms with Crippen molar-refractivity contribution in [3.8, 4) is 0 Å². The molecule has 0 radical (unpaired) electrons. The van der Waals surface area contributed by atoms with E-state index in [2.05, 4.69) is 15.0 Å². The molecule has 25 heavy (non-hydrogen) atoms. The summed E-state index contributed by atoms with van der Waals surface area (Å²) in [6.07, 6.45) is 0.901. The van der Waals surface area contributed by atoms with Crippen LogP contribution in [0.4, 0.5) is 4.39 Å². The molecule has 0 bridgehead atoms. The van der Waals surface area contributed by atoms with Gasteiger partial charge in [0.05, 0.1) is 6.54 Å². The Hall–Kier alpha value is -2.32. The van der Waals surface area contributed by atoms with Crippen LogP contribution in [0.15, 0.2) is 28.8 Å². The Morgan fingerprint density at radius 2 is 2.20 bits per heavy atom. The van der Waals surface area contributed by atoms with Crippen molar-refractivity contribution in [1.29, 1.82) is 0 Å². The molecular formula is C17H22FN5O2.